The minimum absolute atomic E-state index is 0.220. The Hall–Kier alpha value is -1.97. The van der Waals surface area contributed by atoms with E-state index >= 15 is 0 Å². The van der Waals surface area contributed by atoms with E-state index in [1.165, 1.54) is 0 Å². The summed E-state index contributed by atoms with van der Waals surface area (Å²) in [4.78, 5) is 3.96. The second-order valence-corrected chi connectivity index (χ2v) is 3.13. The summed E-state index contributed by atoms with van der Waals surface area (Å²) < 4.78 is 10.7. The zero-order chi connectivity index (χ0) is 10.7. The SMILES string of the molecule is Cc1ncc(COc2ccc(O)cc2)o1. The number of nitrogens with zero attached hydrogens (tertiary/aromatic N) is 1. The number of benzene rings is 1. The van der Waals surface area contributed by atoms with Gasteiger partial charge in [0.25, 0.3) is 0 Å². The molecular weight excluding hydrogens is 194 g/mol. The lowest BCUT2D eigenvalue weighted by Gasteiger charge is -2.03. The Morgan fingerprint density at radius 2 is 2.07 bits per heavy atom. The molecule has 78 valence electrons. The number of ether oxygens (including phenoxy) is 1. The van der Waals surface area contributed by atoms with Crippen LogP contribution in [0.15, 0.2) is 34.9 Å². The van der Waals surface area contributed by atoms with Crippen molar-refractivity contribution >= 4 is 0 Å². The number of hydrogen-bond donors (Lipinski definition) is 1. The molecule has 2 aromatic rings. The molecule has 1 aromatic heterocycles. The van der Waals surface area contributed by atoms with Gasteiger partial charge in [0.05, 0.1) is 6.20 Å². The molecule has 0 unspecified atom stereocenters. The maximum absolute atomic E-state index is 9.06. The van der Waals surface area contributed by atoms with Gasteiger partial charge in [-0.1, -0.05) is 0 Å². The van der Waals surface area contributed by atoms with Crippen LogP contribution in [0.1, 0.15) is 11.7 Å². The van der Waals surface area contributed by atoms with Crippen LogP contribution < -0.4 is 4.74 Å². The molecule has 0 aliphatic heterocycles. The number of phenolic OH excluding ortho intramolecular Hbond substituents is 1. The highest BCUT2D eigenvalue weighted by Crippen LogP contribution is 2.17. The van der Waals surface area contributed by atoms with Crippen molar-refractivity contribution in [1.29, 1.82) is 0 Å². The average Bonchev–Trinajstić information content (AvgIpc) is 2.64. The van der Waals surface area contributed by atoms with Crippen LogP contribution in [-0.2, 0) is 6.61 Å². The molecule has 0 amide bonds. The molecule has 0 saturated carbocycles. The Morgan fingerprint density at radius 3 is 2.67 bits per heavy atom. The van der Waals surface area contributed by atoms with E-state index in [9.17, 15) is 0 Å². The lowest BCUT2D eigenvalue weighted by molar-refractivity contribution is 0.267. The third kappa shape index (κ3) is 2.49. The predicted octanol–water partition coefficient (Wildman–Crippen LogP) is 2.27. The van der Waals surface area contributed by atoms with Crippen LogP contribution >= 0.6 is 0 Å². The lowest BCUT2D eigenvalue weighted by Crippen LogP contribution is -1.92. The normalized spacial score (nSPS) is 10.2. The zero-order valence-corrected chi connectivity index (χ0v) is 8.30. The molecule has 0 aliphatic rings. The second-order valence-electron chi connectivity index (χ2n) is 3.13. The van der Waals surface area contributed by atoms with Crippen molar-refractivity contribution in [2.45, 2.75) is 13.5 Å². The Morgan fingerprint density at radius 1 is 1.33 bits per heavy atom. The van der Waals surface area contributed by atoms with E-state index in [1.807, 2.05) is 0 Å². The van der Waals surface area contributed by atoms with Crippen molar-refractivity contribution in [1.82, 2.24) is 4.98 Å². The molecule has 0 aliphatic carbocycles. The summed E-state index contributed by atoms with van der Waals surface area (Å²) in [5.74, 6) is 2.21. The molecule has 2 rings (SSSR count). The summed E-state index contributed by atoms with van der Waals surface area (Å²) in [5.41, 5.74) is 0. The first-order valence-electron chi connectivity index (χ1n) is 4.57. The summed E-state index contributed by atoms with van der Waals surface area (Å²) in [6.07, 6.45) is 1.63. The molecule has 0 spiro atoms. The van der Waals surface area contributed by atoms with E-state index < -0.39 is 0 Å². The lowest BCUT2D eigenvalue weighted by atomic mass is 10.3. The number of phenols is 1. The van der Waals surface area contributed by atoms with E-state index in [1.54, 1.807) is 37.4 Å². The number of aromatic nitrogens is 1. The van der Waals surface area contributed by atoms with Crippen LogP contribution in [0.25, 0.3) is 0 Å². The standard InChI is InChI=1S/C11H11NO3/c1-8-12-6-11(15-8)7-14-10-4-2-9(13)3-5-10/h2-6,13H,7H2,1H3. The molecule has 0 atom stereocenters. The number of aryl methyl sites for hydroxylation is 1. The summed E-state index contributed by atoms with van der Waals surface area (Å²) in [5, 5.41) is 9.06. The molecule has 4 nitrogen and oxygen atoms in total. The van der Waals surface area contributed by atoms with Crippen molar-refractivity contribution in [3.8, 4) is 11.5 Å². The number of aromatic hydroxyl groups is 1. The van der Waals surface area contributed by atoms with Gasteiger partial charge in [0, 0.05) is 6.92 Å². The van der Waals surface area contributed by atoms with Crippen molar-refractivity contribution in [3.63, 3.8) is 0 Å². The Bertz CT molecular complexity index is 433. The largest absolute Gasteiger partial charge is 0.508 e. The highest BCUT2D eigenvalue weighted by molar-refractivity contribution is 5.30. The van der Waals surface area contributed by atoms with Crippen molar-refractivity contribution in [2.24, 2.45) is 0 Å². The second kappa shape index (κ2) is 4.04. The van der Waals surface area contributed by atoms with Gasteiger partial charge >= 0.3 is 0 Å². The fraction of sp³-hybridized carbons (Fsp3) is 0.182. The summed E-state index contributed by atoms with van der Waals surface area (Å²) in [7, 11) is 0. The fourth-order valence-electron chi connectivity index (χ4n) is 1.17. The van der Waals surface area contributed by atoms with Gasteiger partial charge in [-0.15, -0.1) is 0 Å². The van der Waals surface area contributed by atoms with Gasteiger partial charge in [0.2, 0.25) is 0 Å². The van der Waals surface area contributed by atoms with Gasteiger partial charge in [-0.05, 0) is 24.3 Å². The van der Waals surface area contributed by atoms with Crippen LogP contribution in [0, 0.1) is 6.92 Å². The van der Waals surface area contributed by atoms with E-state index in [2.05, 4.69) is 4.98 Å². The van der Waals surface area contributed by atoms with Crippen LogP contribution in [0.3, 0.4) is 0 Å². The van der Waals surface area contributed by atoms with Gasteiger partial charge in [-0.2, -0.15) is 0 Å². The maximum Gasteiger partial charge on any atom is 0.191 e. The molecule has 1 aromatic carbocycles. The van der Waals surface area contributed by atoms with E-state index in [4.69, 9.17) is 14.3 Å². The number of rotatable bonds is 3. The highest BCUT2D eigenvalue weighted by atomic mass is 16.5. The fourth-order valence-corrected chi connectivity index (χ4v) is 1.17. The first-order chi connectivity index (χ1) is 7.24. The van der Waals surface area contributed by atoms with Gasteiger partial charge in [-0.3, -0.25) is 0 Å². The van der Waals surface area contributed by atoms with E-state index in [0.717, 1.165) is 0 Å². The zero-order valence-electron chi connectivity index (χ0n) is 8.30. The molecule has 0 radical (unpaired) electrons. The molecule has 0 fully saturated rings. The van der Waals surface area contributed by atoms with E-state index in [0.29, 0.717) is 24.0 Å². The van der Waals surface area contributed by atoms with E-state index in [-0.39, 0.29) is 5.75 Å². The molecule has 1 N–H and O–H groups in total. The smallest absolute Gasteiger partial charge is 0.191 e. The monoisotopic (exact) mass is 205 g/mol. The molecule has 0 saturated heterocycles. The van der Waals surface area contributed by atoms with Gasteiger partial charge < -0.3 is 14.3 Å². The van der Waals surface area contributed by atoms with Crippen LogP contribution in [0.5, 0.6) is 11.5 Å². The summed E-state index contributed by atoms with van der Waals surface area (Å²) in [6, 6.07) is 6.53. The third-order valence-electron chi connectivity index (χ3n) is 1.89. The molecule has 0 bridgehead atoms. The van der Waals surface area contributed by atoms with Crippen LogP contribution in [-0.4, -0.2) is 10.1 Å². The highest BCUT2D eigenvalue weighted by Gasteiger charge is 2.00. The summed E-state index contributed by atoms with van der Waals surface area (Å²) in [6.45, 7) is 2.12. The minimum Gasteiger partial charge on any atom is -0.508 e. The van der Waals surface area contributed by atoms with Crippen molar-refractivity contribution in [2.75, 3.05) is 0 Å². The Labute approximate surface area is 87.1 Å². The quantitative estimate of drug-likeness (QED) is 0.835. The minimum atomic E-state index is 0.220. The van der Waals surface area contributed by atoms with Crippen molar-refractivity contribution in [3.05, 3.63) is 42.1 Å². The maximum atomic E-state index is 9.06. The first kappa shape index (κ1) is 9.58. The first-order valence-corrected chi connectivity index (χ1v) is 4.57. The van der Waals surface area contributed by atoms with Crippen LogP contribution in [0.2, 0.25) is 0 Å². The molecule has 4 heteroatoms. The third-order valence-corrected chi connectivity index (χ3v) is 1.89. The number of hydrogen-bond acceptors (Lipinski definition) is 4. The number of oxazole rings is 1. The molecule has 1 heterocycles. The van der Waals surface area contributed by atoms with Gasteiger partial charge in [-0.25, -0.2) is 4.98 Å². The van der Waals surface area contributed by atoms with Gasteiger partial charge in [0.15, 0.2) is 11.7 Å². The Kier molecular flexibility index (Phi) is 2.58. The average molecular weight is 205 g/mol. The topological polar surface area (TPSA) is 55.5 Å². The summed E-state index contributed by atoms with van der Waals surface area (Å²) >= 11 is 0. The molecular formula is C11H11NO3. The predicted molar refractivity (Wildman–Crippen MR) is 53.7 cm³/mol. The Balaban J connectivity index is 1.96. The van der Waals surface area contributed by atoms with Crippen LogP contribution in [0.4, 0.5) is 0 Å². The molecule has 15 heavy (non-hydrogen) atoms. The van der Waals surface area contributed by atoms with Crippen molar-refractivity contribution < 1.29 is 14.3 Å². The van der Waals surface area contributed by atoms with Gasteiger partial charge in [0.1, 0.15) is 18.1 Å².